The van der Waals surface area contributed by atoms with E-state index in [0.29, 0.717) is 19.6 Å². The Hall–Kier alpha value is -4.15. The number of benzene rings is 3. The number of carbonyl (C=O) groups is 1. The number of ether oxygens (including phenoxy) is 2. The van der Waals surface area contributed by atoms with E-state index in [2.05, 4.69) is 16.3 Å². The molecule has 0 bridgehead atoms. The molecule has 0 aliphatic carbocycles. The van der Waals surface area contributed by atoms with Crippen LogP contribution in [0.1, 0.15) is 36.0 Å². The molecule has 2 atom stereocenters. The zero-order valence-corrected chi connectivity index (χ0v) is 20.6. The SMILES string of the molecule is CCOC(=O)[C@@H](Cc1ccc2ccc(C=NNO)cc2c1)c1ccc(O[C@H]2CCN(C=NNO)C2)cc1. The van der Waals surface area contributed by atoms with Gasteiger partial charge in [0.15, 0.2) is 0 Å². The summed E-state index contributed by atoms with van der Waals surface area (Å²) in [7, 11) is 0. The number of rotatable bonds is 11. The first kappa shape index (κ1) is 25.9. The van der Waals surface area contributed by atoms with Gasteiger partial charge in [-0.2, -0.15) is 16.3 Å². The molecular formula is C27H31N5O5. The second-order valence-electron chi connectivity index (χ2n) is 8.74. The van der Waals surface area contributed by atoms with Gasteiger partial charge < -0.3 is 14.4 Å². The lowest BCUT2D eigenvalue weighted by atomic mass is 9.91. The molecule has 0 radical (unpaired) electrons. The van der Waals surface area contributed by atoms with Gasteiger partial charge in [0.05, 0.1) is 25.3 Å². The molecule has 194 valence electrons. The maximum absolute atomic E-state index is 12.9. The number of esters is 1. The van der Waals surface area contributed by atoms with Crippen molar-refractivity contribution in [3.8, 4) is 5.75 Å². The zero-order valence-electron chi connectivity index (χ0n) is 20.6. The van der Waals surface area contributed by atoms with Crippen LogP contribution in [-0.4, -0.2) is 59.6 Å². The van der Waals surface area contributed by atoms with Crippen LogP contribution in [0.25, 0.3) is 10.8 Å². The highest BCUT2D eigenvalue weighted by molar-refractivity contribution is 5.91. The maximum atomic E-state index is 12.9. The minimum Gasteiger partial charge on any atom is -0.489 e. The lowest BCUT2D eigenvalue weighted by molar-refractivity contribution is -0.144. The molecule has 0 aromatic heterocycles. The van der Waals surface area contributed by atoms with Crippen LogP contribution in [0.2, 0.25) is 0 Å². The van der Waals surface area contributed by atoms with E-state index < -0.39 is 5.92 Å². The van der Waals surface area contributed by atoms with Crippen molar-refractivity contribution in [2.45, 2.75) is 31.8 Å². The van der Waals surface area contributed by atoms with Gasteiger partial charge >= 0.3 is 5.97 Å². The van der Waals surface area contributed by atoms with Crippen molar-refractivity contribution >= 4 is 29.3 Å². The van der Waals surface area contributed by atoms with Gasteiger partial charge in [-0.1, -0.05) is 42.5 Å². The standard InChI is InChI=1S/C27H31N5O5/c1-2-36-27(33)26(15-19-3-5-21-6-4-20(16-28-30-34)14-23(21)13-19)22-7-9-24(10-8-22)37-25-11-12-32(17-25)18-29-31-35/h3-10,13-14,16,18,25-26,30-31,34-35H,2,11-12,15,17H2,1H3/t25-,26-/m0/s1. The van der Waals surface area contributed by atoms with Crippen LogP contribution in [0.3, 0.4) is 0 Å². The molecule has 4 N–H and O–H groups in total. The van der Waals surface area contributed by atoms with Crippen molar-refractivity contribution in [1.82, 2.24) is 16.1 Å². The summed E-state index contributed by atoms with van der Waals surface area (Å²) in [6, 6.07) is 19.6. The van der Waals surface area contributed by atoms with Crippen LogP contribution in [-0.2, 0) is 16.0 Å². The Morgan fingerprint density at radius 1 is 1.08 bits per heavy atom. The number of nitrogens with one attached hydrogen (secondary N) is 2. The van der Waals surface area contributed by atoms with Gasteiger partial charge in [-0.05, 0) is 59.0 Å². The molecule has 10 heteroatoms. The van der Waals surface area contributed by atoms with E-state index in [0.717, 1.165) is 46.2 Å². The zero-order chi connectivity index (χ0) is 26.0. The molecule has 0 amide bonds. The van der Waals surface area contributed by atoms with Crippen LogP contribution in [0.4, 0.5) is 0 Å². The van der Waals surface area contributed by atoms with Crippen LogP contribution < -0.4 is 15.9 Å². The molecule has 0 spiro atoms. The summed E-state index contributed by atoms with van der Waals surface area (Å²) in [5, 5.41) is 26.6. The van der Waals surface area contributed by atoms with Crippen molar-refractivity contribution in [1.29, 1.82) is 0 Å². The van der Waals surface area contributed by atoms with Crippen LogP contribution in [0, 0.1) is 0 Å². The van der Waals surface area contributed by atoms with Crippen molar-refractivity contribution in [2.75, 3.05) is 19.7 Å². The molecule has 1 fully saturated rings. The maximum Gasteiger partial charge on any atom is 0.313 e. The first-order valence-electron chi connectivity index (χ1n) is 12.1. The van der Waals surface area contributed by atoms with Gasteiger partial charge in [-0.25, -0.2) is 0 Å². The molecule has 1 saturated heterocycles. The quantitative estimate of drug-likeness (QED) is 0.135. The highest BCUT2D eigenvalue weighted by Gasteiger charge is 2.24. The van der Waals surface area contributed by atoms with Crippen molar-refractivity contribution in [3.63, 3.8) is 0 Å². The third-order valence-corrected chi connectivity index (χ3v) is 6.25. The molecule has 3 aromatic rings. The third kappa shape index (κ3) is 6.96. The number of fused-ring (bicyclic) bond motifs is 1. The summed E-state index contributed by atoms with van der Waals surface area (Å²) < 4.78 is 11.5. The van der Waals surface area contributed by atoms with Crippen molar-refractivity contribution in [3.05, 3.63) is 77.4 Å². The fourth-order valence-electron chi connectivity index (χ4n) is 4.47. The molecule has 4 rings (SSSR count). The Labute approximate surface area is 215 Å². The van der Waals surface area contributed by atoms with E-state index in [-0.39, 0.29) is 12.1 Å². The summed E-state index contributed by atoms with van der Waals surface area (Å²) >= 11 is 0. The van der Waals surface area contributed by atoms with Gasteiger partial charge in [0.1, 0.15) is 18.2 Å². The second kappa shape index (κ2) is 12.7. The molecule has 1 aliphatic heterocycles. The Balaban J connectivity index is 1.49. The predicted molar refractivity (Wildman–Crippen MR) is 140 cm³/mol. The van der Waals surface area contributed by atoms with E-state index in [9.17, 15) is 4.79 Å². The summed E-state index contributed by atoms with van der Waals surface area (Å²) in [5.74, 6) is 0.000956. The van der Waals surface area contributed by atoms with E-state index in [1.165, 1.54) is 6.21 Å². The summed E-state index contributed by atoms with van der Waals surface area (Å²) in [6.07, 6.45) is 4.42. The average molecular weight is 506 g/mol. The Morgan fingerprint density at radius 2 is 1.86 bits per heavy atom. The van der Waals surface area contributed by atoms with Gasteiger partial charge in [0, 0.05) is 13.0 Å². The molecule has 0 unspecified atom stereocenters. The Bertz CT molecular complexity index is 1250. The lowest BCUT2D eigenvalue weighted by Crippen LogP contribution is -2.24. The van der Waals surface area contributed by atoms with Crippen LogP contribution in [0.15, 0.2) is 70.9 Å². The van der Waals surface area contributed by atoms with Crippen molar-refractivity contribution in [2.24, 2.45) is 10.2 Å². The predicted octanol–water partition coefficient (Wildman–Crippen LogP) is 3.42. The minimum absolute atomic E-state index is 0.0116. The number of hydrogen-bond acceptors (Lipinski definition) is 9. The van der Waals surface area contributed by atoms with E-state index in [1.807, 2.05) is 59.5 Å². The van der Waals surface area contributed by atoms with E-state index >= 15 is 0 Å². The summed E-state index contributed by atoms with van der Waals surface area (Å²) in [4.78, 5) is 14.9. The van der Waals surface area contributed by atoms with Gasteiger partial charge in [0.2, 0.25) is 0 Å². The lowest BCUT2D eigenvalue weighted by Gasteiger charge is -2.18. The highest BCUT2D eigenvalue weighted by Crippen LogP contribution is 2.28. The average Bonchev–Trinajstić information content (AvgIpc) is 3.36. The van der Waals surface area contributed by atoms with Gasteiger partial charge in [-0.3, -0.25) is 15.2 Å². The fourth-order valence-corrected chi connectivity index (χ4v) is 4.47. The third-order valence-electron chi connectivity index (χ3n) is 6.25. The molecular weight excluding hydrogens is 474 g/mol. The molecule has 3 aromatic carbocycles. The number of carbonyl (C=O) groups excluding carboxylic acids is 1. The number of hydrogen-bond donors (Lipinski definition) is 4. The van der Waals surface area contributed by atoms with Gasteiger partial charge in [-0.15, -0.1) is 5.10 Å². The Morgan fingerprint density at radius 3 is 2.62 bits per heavy atom. The summed E-state index contributed by atoms with van der Waals surface area (Å²) in [5.41, 5.74) is 6.23. The first-order valence-corrected chi connectivity index (χ1v) is 12.1. The monoisotopic (exact) mass is 505 g/mol. The normalized spacial score (nSPS) is 16.4. The molecule has 10 nitrogen and oxygen atoms in total. The molecule has 37 heavy (non-hydrogen) atoms. The van der Waals surface area contributed by atoms with Gasteiger partial charge in [0.25, 0.3) is 0 Å². The van der Waals surface area contributed by atoms with E-state index in [1.54, 1.807) is 24.4 Å². The first-order chi connectivity index (χ1) is 18.1. The van der Waals surface area contributed by atoms with Crippen molar-refractivity contribution < 1.29 is 24.7 Å². The van der Waals surface area contributed by atoms with Crippen LogP contribution >= 0.6 is 0 Å². The topological polar surface area (TPSA) is 128 Å². The second-order valence-corrected chi connectivity index (χ2v) is 8.74. The highest BCUT2D eigenvalue weighted by atomic mass is 16.5. The smallest absolute Gasteiger partial charge is 0.313 e. The molecule has 1 heterocycles. The fraction of sp³-hybridized carbons (Fsp3) is 0.296. The Kier molecular flexibility index (Phi) is 8.90. The molecule has 0 saturated carbocycles. The number of hydrazone groups is 2. The number of likely N-dealkylation sites (tertiary alicyclic amines) is 1. The molecule has 1 aliphatic rings. The minimum atomic E-state index is -0.459. The summed E-state index contributed by atoms with van der Waals surface area (Å²) in [6.45, 7) is 3.57. The van der Waals surface area contributed by atoms with E-state index in [4.69, 9.17) is 19.9 Å². The van der Waals surface area contributed by atoms with Crippen LogP contribution in [0.5, 0.6) is 5.75 Å². The largest absolute Gasteiger partial charge is 0.489 e. The number of nitrogens with zero attached hydrogens (tertiary/aromatic N) is 3.